The SMILES string of the molecule is Cc1ccc(-c2ccc(Cl)c(Cl)c2C=O)cc1. The molecule has 0 radical (unpaired) electrons. The minimum atomic E-state index is 0.305. The molecule has 0 aliphatic carbocycles. The summed E-state index contributed by atoms with van der Waals surface area (Å²) in [6.07, 6.45) is 0.739. The van der Waals surface area contributed by atoms with Gasteiger partial charge in [0, 0.05) is 5.56 Å². The van der Waals surface area contributed by atoms with Crippen LogP contribution in [-0.2, 0) is 0 Å². The Balaban J connectivity index is 2.63. The molecule has 2 aromatic rings. The van der Waals surface area contributed by atoms with Crippen molar-refractivity contribution < 1.29 is 4.79 Å². The highest BCUT2D eigenvalue weighted by Gasteiger charge is 2.11. The van der Waals surface area contributed by atoms with Crippen molar-refractivity contribution in [2.75, 3.05) is 0 Å². The summed E-state index contributed by atoms with van der Waals surface area (Å²) in [5.41, 5.74) is 3.36. The largest absolute Gasteiger partial charge is 0.298 e. The number of hydrogen-bond donors (Lipinski definition) is 0. The molecule has 0 saturated heterocycles. The summed E-state index contributed by atoms with van der Waals surface area (Å²) in [7, 11) is 0. The predicted molar refractivity (Wildman–Crippen MR) is 72.0 cm³/mol. The predicted octanol–water partition coefficient (Wildman–Crippen LogP) is 4.78. The molecule has 0 unspecified atom stereocenters. The van der Waals surface area contributed by atoms with Gasteiger partial charge in [0.1, 0.15) is 0 Å². The summed E-state index contributed by atoms with van der Waals surface area (Å²) in [4.78, 5) is 11.1. The molecule has 17 heavy (non-hydrogen) atoms. The van der Waals surface area contributed by atoms with Gasteiger partial charge in [-0.3, -0.25) is 4.79 Å². The van der Waals surface area contributed by atoms with Gasteiger partial charge in [-0.1, -0.05) is 59.1 Å². The van der Waals surface area contributed by atoms with Crippen LogP contribution in [0, 0.1) is 6.92 Å². The van der Waals surface area contributed by atoms with Crippen molar-refractivity contribution in [1.82, 2.24) is 0 Å². The van der Waals surface area contributed by atoms with Crippen LogP contribution in [-0.4, -0.2) is 6.29 Å². The molecule has 0 N–H and O–H groups in total. The van der Waals surface area contributed by atoms with Crippen molar-refractivity contribution in [1.29, 1.82) is 0 Å². The molecule has 0 heterocycles. The molecule has 0 spiro atoms. The Morgan fingerprint density at radius 3 is 2.24 bits per heavy atom. The highest BCUT2D eigenvalue weighted by Crippen LogP contribution is 2.33. The lowest BCUT2D eigenvalue weighted by atomic mass is 9.99. The normalized spacial score (nSPS) is 10.3. The number of hydrogen-bond acceptors (Lipinski definition) is 1. The van der Waals surface area contributed by atoms with Crippen LogP contribution < -0.4 is 0 Å². The van der Waals surface area contributed by atoms with Crippen LogP contribution in [0.1, 0.15) is 15.9 Å². The standard InChI is InChI=1S/C14H10Cl2O/c1-9-2-4-10(5-3-9)11-6-7-13(15)14(16)12(11)8-17/h2-8H,1H3. The van der Waals surface area contributed by atoms with E-state index in [0.29, 0.717) is 15.6 Å². The molecule has 0 fully saturated rings. The number of carbonyl (C=O) groups is 1. The molecule has 0 aliphatic heterocycles. The van der Waals surface area contributed by atoms with Gasteiger partial charge in [-0.2, -0.15) is 0 Å². The fourth-order valence-corrected chi connectivity index (χ4v) is 2.04. The molecular formula is C14H10Cl2O. The summed E-state index contributed by atoms with van der Waals surface area (Å²) in [6, 6.07) is 11.4. The van der Waals surface area contributed by atoms with E-state index in [-0.39, 0.29) is 0 Å². The number of aryl methyl sites for hydroxylation is 1. The van der Waals surface area contributed by atoms with E-state index in [9.17, 15) is 4.79 Å². The van der Waals surface area contributed by atoms with Gasteiger partial charge in [-0.15, -0.1) is 0 Å². The molecule has 86 valence electrons. The van der Waals surface area contributed by atoms with Crippen LogP contribution in [0.4, 0.5) is 0 Å². The molecule has 0 amide bonds. The minimum absolute atomic E-state index is 0.305. The first kappa shape index (κ1) is 12.2. The Bertz CT molecular complexity index is 559. The molecule has 2 aromatic carbocycles. The van der Waals surface area contributed by atoms with Crippen molar-refractivity contribution >= 4 is 29.5 Å². The zero-order valence-corrected chi connectivity index (χ0v) is 10.7. The van der Waals surface area contributed by atoms with Crippen molar-refractivity contribution in [2.45, 2.75) is 6.92 Å². The van der Waals surface area contributed by atoms with E-state index in [4.69, 9.17) is 23.2 Å². The summed E-state index contributed by atoms with van der Waals surface area (Å²) in [5.74, 6) is 0. The highest BCUT2D eigenvalue weighted by atomic mass is 35.5. The van der Waals surface area contributed by atoms with E-state index in [1.54, 1.807) is 6.07 Å². The summed E-state index contributed by atoms with van der Waals surface area (Å²) in [5, 5.41) is 0.698. The Morgan fingerprint density at radius 1 is 1.00 bits per heavy atom. The van der Waals surface area contributed by atoms with Crippen molar-refractivity contribution in [3.8, 4) is 11.1 Å². The first-order valence-corrected chi connectivity index (χ1v) is 5.89. The van der Waals surface area contributed by atoms with Gasteiger partial charge < -0.3 is 0 Å². The molecular weight excluding hydrogens is 255 g/mol. The lowest BCUT2D eigenvalue weighted by Gasteiger charge is -2.08. The zero-order valence-electron chi connectivity index (χ0n) is 9.21. The van der Waals surface area contributed by atoms with E-state index in [1.807, 2.05) is 37.3 Å². The maximum atomic E-state index is 11.1. The Labute approximate surface area is 110 Å². The second-order valence-corrected chi connectivity index (χ2v) is 4.59. The lowest BCUT2D eigenvalue weighted by molar-refractivity contribution is 0.112. The van der Waals surface area contributed by atoms with Crippen molar-refractivity contribution in [3.63, 3.8) is 0 Å². The molecule has 3 heteroatoms. The maximum Gasteiger partial charge on any atom is 0.152 e. The fourth-order valence-electron chi connectivity index (χ4n) is 1.67. The van der Waals surface area contributed by atoms with E-state index in [2.05, 4.69) is 0 Å². The van der Waals surface area contributed by atoms with Gasteiger partial charge >= 0.3 is 0 Å². The zero-order chi connectivity index (χ0) is 12.4. The molecule has 1 nitrogen and oxygen atoms in total. The lowest BCUT2D eigenvalue weighted by Crippen LogP contribution is -1.90. The molecule has 2 rings (SSSR count). The van der Waals surface area contributed by atoms with Crippen LogP contribution in [0.25, 0.3) is 11.1 Å². The monoisotopic (exact) mass is 264 g/mol. The molecule has 0 aromatic heterocycles. The van der Waals surface area contributed by atoms with E-state index in [0.717, 1.165) is 17.4 Å². The number of benzene rings is 2. The third-order valence-corrected chi connectivity index (χ3v) is 3.43. The highest BCUT2D eigenvalue weighted by molar-refractivity contribution is 6.43. The van der Waals surface area contributed by atoms with Crippen LogP contribution >= 0.6 is 23.2 Å². The number of rotatable bonds is 2. The topological polar surface area (TPSA) is 17.1 Å². The first-order valence-electron chi connectivity index (χ1n) is 5.13. The summed E-state index contributed by atoms with van der Waals surface area (Å²) < 4.78 is 0. The van der Waals surface area contributed by atoms with Gasteiger partial charge in [-0.05, 0) is 24.1 Å². The Hall–Kier alpha value is -1.31. The summed E-state index contributed by atoms with van der Waals surface area (Å²) >= 11 is 11.9. The number of carbonyl (C=O) groups excluding carboxylic acids is 1. The minimum Gasteiger partial charge on any atom is -0.298 e. The van der Waals surface area contributed by atoms with Crippen LogP contribution in [0.15, 0.2) is 36.4 Å². The Kier molecular flexibility index (Phi) is 3.51. The van der Waals surface area contributed by atoms with Crippen molar-refractivity contribution in [2.24, 2.45) is 0 Å². The molecule has 0 saturated carbocycles. The third kappa shape index (κ3) is 2.36. The van der Waals surface area contributed by atoms with Gasteiger partial charge in [0.05, 0.1) is 10.0 Å². The first-order chi connectivity index (χ1) is 8.13. The van der Waals surface area contributed by atoms with Crippen LogP contribution in [0.3, 0.4) is 0 Å². The molecule has 0 bridgehead atoms. The van der Waals surface area contributed by atoms with Crippen molar-refractivity contribution in [3.05, 3.63) is 57.6 Å². The maximum absolute atomic E-state index is 11.1. The Morgan fingerprint density at radius 2 is 1.65 bits per heavy atom. The molecule has 0 aliphatic rings. The van der Waals surface area contributed by atoms with Crippen LogP contribution in [0.5, 0.6) is 0 Å². The average molecular weight is 265 g/mol. The average Bonchev–Trinajstić information content (AvgIpc) is 2.34. The molecule has 0 atom stereocenters. The smallest absolute Gasteiger partial charge is 0.152 e. The van der Waals surface area contributed by atoms with Crippen LogP contribution in [0.2, 0.25) is 10.0 Å². The van der Waals surface area contributed by atoms with Gasteiger partial charge in [0.25, 0.3) is 0 Å². The van der Waals surface area contributed by atoms with Gasteiger partial charge in [0.15, 0.2) is 6.29 Å². The van der Waals surface area contributed by atoms with E-state index in [1.165, 1.54) is 5.56 Å². The second-order valence-electron chi connectivity index (χ2n) is 3.81. The van der Waals surface area contributed by atoms with E-state index >= 15 is 0 Å². The van der Waals surface area contributed by atoms with Gasteiger partial charge in [-0.25, -0.2) is 0 Å². The number of aldehydes is 1. The second kappa shape index (κ2) is 4.91. The fraction of sp³-hybridized carbons (Fsp3) is 0.0714. The van der Waals surface area contributed by atoms with E-state index < -0.39 is 0 Å². The number of halogens is 2. The third-order valence-electron chi connectivity index (χ3n) is 2.61. The quantitative estimate of drug-likeness (QED) is 0.714. The van der Waals surface area contributed by atoms with Gasteiger partial charge in [0.2, 0.25) is 0 Å². The summed E-state index contributed by atoms with van der Waals surface area (Å²) in [6.45, 7) is 2.01.